The average molecular weight is 432 g/mol. The first kappa shape index (κ1) is 20.8. The zero-order chi connectivity index (χ0) is 20.6. The van der Waals surface area contributed by atoms with Crippen LogP contribution in [0.2, 0.25) is 0 Å². The van der Waals surface area contributed by atoms with E-state index in [1.54, 1.807) is 0 Å². The van der Waals surface area contributed by atoms with E-state index in [-0.39, 0.29) is 15.8 Å². The van der Waals surface area contributed by atoms with E-state index in [0.29, 0.717) is 0 Å². The van der Waals surface area contributed by atoms with Crippen molar-refractivity contribution in [3.8, 4) is 11.8 Å². The molecule has 0 fully saturated rings. The van der Waals surface area contributed by atoms with Crippen molar-refractivity contribution < 1.29 is 33.1 Å². The molecule has 0 bridgehead atoms. The summed E-state index contributed by atoms with van der Waals surface area (Å²) in [6, 6.07) is 6.40. The summed E-state index contributed by atoms with van der Waals surface area (Å²) in [5.74, 6) is -4.15. The number of nitrogens with zero attached hydrogens (tertiary/aromatic N) is 4. The van der Waals surface area contributed by atoms with E-state index in [1.165, 1.54) is 12.1 Å². The number of azide groups is 1. The third kappa shape index (κ3) is 3.07. The van der Waals surface area contributed by atoms with Crippen LogP contribution in [0.4, 0.5) is 5.69 Å². The molecule has 0 amide bonds. The number of hydrogen-bond donors (Lipinski definition) is 6. The van der Waals surface area contributed by atoms with E-state index in [2.05, 4.69) is 35.3 Å². The van der Waals surface area contributed by atoms with Crippen LogP contribution in [0.15, 0.2) is 41.5 Å². The van der Waals surface area contributed by atoms with Crippen LogP contribution in [0, 0.1) is 0 Å². The first-order chi connectivity index (χ1) is 12.4. The van der Waals surface area contributed by atoms with E-state index in [0.717, 1.165) is 24.3 Å². The van der Waals surface area contributed by atoms with Crippen LogP contribution in [0.1, 0.15) is 5.56 Å². The van der Waals surface area contributed by atoms with Gasteiger partial charge in [-0.25, -0.2) is 9.36 Å². The first-order valence-corrected chi connectivity index (χ1v) is 9.15. The molecule has 0 saturated carbocycles. The fourth-order valence-electron chi connectivity index (χ4n) is 2.55. The monoisotopic (exact) mass is 432 g/mol. The molecule has 1 atom stereocenters. The molecule has 2 aromatic rings. The van der Waals surface area contributed by atoms with Gasteiger partial charge in [-0.1, -0.05) is 29.4 Å². The van der Waals surface area contributed by atoms with Crippen LogP contribution in [0.25, 0.3) is 10.4 Å². The molecule has 0 aliphatic rings. The molecule has 4 N–H and O–H groups in total. The molecule has 2 rings (SSSR count). The maximum absolute atomic E-state index is 12.3. The number of benzene rings is 1. The molecule has 1 heterocycles. The Morgan fingerprint density at radius 3 is 1.96 bits per heavy atom. The molecular weight excluding hydrogens is 420 g/mol. The van der Waals surface area contributed by atoms with Crippen LogP contribution < -0.4 is 0 Å². The fraction of sp³-hybridized carbons (Fsp3) is 0.154. The molecule has 1 aromatic carbocycles. The second-order valence-corrected chi connectivity index (χ2v) is 8.45. The van der Waals surface area contributed by atoms with Crippen molar-refractivity contribution in [2.45, 2.75) is 8.95 Å². The lowest BCUT2D eigenvalue weighted by Crippen LogP contribution is -2.58. The predicted molar refractivity (Wildman–Crippen MR) is 99.8 cm³/mol. The van der Waals surface area contributed by atoms with Gasteiger partial charge in [0.1, 0.15) is 4.08 Å². The predicted octanol–water partition coefficient (Wildman–Crippen LogP) is 2.18. The zero-order valence-corrected chi connectivity index (χ0v) is 15.7. The van der Waals surface area contributed by atoms with Gasteiger partial charge in [-0.2, -0.15) is 33.7 Å². The summed E-state index contributed by atoms with van der Waals surface area (Å²) in [5.41, 5.74) is 8.38. The number of carboxylic acids is 1. The van der Waals surface area contributed by atoms with Crippen molar-refractivity contribution in [1.82, 2.24) is 4.57 Å². The molecule has 144 valence electrons. The normalized spacial score (nSPS) is 14.2. The number of aromatic hydroxyl groups is 2. The van der Waals surface area contributed by atoms with Gasteiger partial charge in [0.2, 0.25) is 0 Å². The second-order valence-electron chi connectivity index (χ2n) is 5.22. The van der Waals surface area contributed by atoms with Crippen molar-refractivity contribution >= 4 is 47.0 Å². The van der Waals surface area contributed by atoms with Crippen molar-refractivity contribution in [3.05, 3.63) is 52.4 Å². The summed E-state index contributed by atoms with van der Waals surface area (Å²) in [6.45, 7) is 0. The summed E-state index contributed by atoms with van der Waals surface area (Å²) < 4.78 is 31.9. The van der Waals surface area contributed by atoms with Gasteiger partial charge < -0.3 is 15.3 Å². The van der Waals surface area contributed by atoms with Crippen LogP contribution in [-0.2, 0) is 23.9 Å². The number of carbonyl (C=O) groups is 1. The number of aliphatic carboxylic acids is 1. The molecule has 0 aliphatic heterocycles. The Kier molecular flexibility index (Phi) is 5.32. The van der Waals surface area contributed by atoms with Gasteiger partial charge >= 0.3 is 21.0 Å². The summed E-state index contributed by atoms with van der Waals surface area (Å²) in [7, 11) is -5.61. The Morgan fingerprint density at radius 1 is 1.11 bits per heavy atom. The number of thiol groups is 2. The van der Waals surface area contributed by atoms with Gasteiger partial charge in [-0.3, -0.25) is 4.55 Å². The Hall–Kier alpha value is -2.51. The number of aromatic nitrogens is 1. The molecule has 0 aliphatic carbocycles. The maximum atomic E-state index is 12.3. The SMILES string of the molecule is [N-]=[N+]=Nc1ccc(C(S)(S)C(C(=O)O)(n2c(O)ccc2O)S(=O)(=O)O)cc1. The highest BCUT2D eigenvalue weighted by molar-refractivity contribution is 8.02. The van der Waals surface area contributed by atoms with Crippen LogP contribution in [0.3, 0.4) is 0 Å². The highest BCUT2D eigenvalue weighted by atomic mass is 32.2. The van der Waals surface area contributed by atoms with E-state index >= 15 is 0 Å². The number of hydrogen-bond acceptors (Lipinski definition) is 8. The summed E-state index contributed by atoms with van der Waals surface area (Å²) in [4.78, 5) is 11.2. The van der Waals surface area contributed by atoms with Crippen molar-refractivity contribution in [3.63, 3.8) is 0 Å². The lowest BCUT2D eigenvalue weighted by atomic mass is 10.0. The smallest absolute Gasteiger partial charge is 0.351 e. The largest absolute Gasteiger partial charge is 0.494 e. The van der Waals surface area contributed by atoms with Gasteiger partial charge in [-0.05, 0) is 11.1 Å². The highest BCUT2D eigenvalue weighted by Gasteiger charge is 2.67. The van der Waals surface area contributed by atoms with Crippen LogP contribution in [0.5, 0.6) is 11.8 Å². The van der Waals surface area contributed by atoms with E-state index in [1.807, 2.05) is 0 Å². The van der Waals surface area contributed by atoms with E-state index in [4.69, 9.17) is 5.53 Å². The molecule has 11 nitrogen and oxygen atoms in total. The third-order valence-electron chi connectivity index (χ3n) is 3.72. The lowest BCUT2D eigenvalue weighted by Gasteiger charge is -2.40. The van der Waals surface area contributed by atoms with Gasteiger partial charge in [0.25, 0.3) is 0 Å². The van der Waals surface area contributed by atoms with Gasteiger partial charge in [0.15, 0.2) is 11.8 Å². The van der Waals surface area contributed by atoms with Crippen molar-refractivity contribution in [2.24, 2.45) is 5.11 Å². The highest BCUT2D eigenvalue weighted by Crippen LogP contribution is 2.53. The summed E-state index contributed by atoms with van der Waals surface area (Å²) in [6.07, 6.45) is 0. The minimum Gasteiger partial charge on any atom is -0.494 e. The number of carboxylic acid groups (broad SMARTS) is 1. The third-order valence-corrected chi connectivity index (χ3v) is 6.60. The van der Waals surface area contributed by atoms with E-state index < -0.39 is 36.8 Å². The summed E-state index contributed by atoms with van der Waals surface area (Å²) >= 11 is 8.11. The molecule has 14 heteroatoms. The number of rotatable bonds is 6. The minimum absolute atomic E-state index is 0.0754. The quantitative estimate of drug-likeness (QED) is 0.101. The maximum Gasteiger partial charge on any atom is 0.351 e. The first-order valence-electron chi connectivity index (χ1n) is 6.82. The second kappa shape index (κ2) is 6.90. The molecule has 27 heavy (non-hydrogen) atoms. The molecule has 0 saturated heterocycles. The van der Waals surface area contributed by atoms with Gasteiger partial charge in [0, 0.05) is 22.7 Å². The molecule has 0 radical (unpaired) electrons. The topological polar surface area (TPSA) is 186 Å². The molecule has 1 aromatic heterocycles. The van der Waals surface area contributed by atoms with Crippen LogP contribution >= 0.6 is 25.3 Å². The van der Waals surface area contributed by atoms with Crippen molar-refractivity contribution in [2.75, 3.05) is 0 Å². The Morgan fingerprint density at radius 2 is 1.59 bits per heavy atom. The standard InChI is InChI=1S/C13H12N4O7S3/c14-16-15-8-3-1-7(2-4-8)13(25,26)12(11(20)21,27(22,23)24)17-9(18)5-6-10(17)19/h1-6,18-19,25-26H,(H,20,21)(H,22,23,24). The Labute approximate surface area is 163 Å². The lowest BCUT2D eigenvalue weighted by molar-refractivity contribution is -0.144. The van der Waals surface area contributed by atoms with Gasteiger partial charge in [0.05, 0.1) is 0 Å². The minimum atomic E-state index is -5.61. The van der Waals surface area contributed by atoms with E-state index in [9.17, 15) is 33.1 Å². The average Bonchev–Trinajstić information content (AvgIpc) is 2.87. The zero-order valence-electron chi connectivity index (χ0n) is 13.1. The van der Waals surface area contributed by atoms with Crippen molar-refractivity contribution in [1.29, 1.82) is 0 Å². The molecular formula is C13H12N4O7S3. The Bertz CT molecular complexity index is 1020. The molecule has 1 unspecified atom stereocenters. The fourth-order valence-corrected chi connectivity index (χ4v) is 5.05. The van der Waals surface area contributed by atoms with Crippen LogP contribution in [-0.4, -0.2) is 38.8 Å². The Balaban J connectivity index is 2.92. The molecule has 0 spiro atoms. The summed E-state index contributed by atoms with van der Waals surface area (Å²) in [5, 5.41) is 33.0. The van der Waals surface area contributed by atoms with Gasteiger partial charge in [-0.15, -0.1) is 0 Å².